The largest absolute Gasteiger partial charge is 0.355 e. The molecule has 28 heavy (non-hydrogen) atoms. The number of piperidine rings is 1. The number of hydrogen-bond donors (Lipinski definition) is 2. The third-order valence-electron chi connectivity index (χ3n) is 5.01. The van der Waals surface area contributed by atoms with Crippen LogP contribution in [0.3, 0.4) is 0 Å². The highest BCUT2D eigenvalue weighted by molar-refractivity contribution is 9.10. The first-order chi connectivity index (χ1) is 13.6. The van der Waals surface area contributed by atoms with E-state index < -0.39 is 0 Å². The summed E-state index contributed by atoms with van der Waals surface area (Å²) in [6, 6.07) is 11.7. The number of benzene rings is 1. The predicted molar refractivity (Wildman–Crippen MR) is 118 cm³/mol. The van der Waals surface area contributed by atoms with Gasteiger partial charge in [0, 0.05) is 34.8 Å². The molecular formula is C21H26BrN3O2S. The van der Waals surface area contributed by atoms with E-state index in [1.54, 1.807) is 11.3 Å². The number of rotatable bonds is 8. The summed E-state index contributed by atoms with van der Waals surface area (Å²) in [5, 5.41) is 8.07. The Morgan fingerprint density at radius 3 is 2.64 bits per heavy atom. The van der Waals surface area contributed by atoms with Crippen molar-refractivity contribution in [3.8, 4) is 0 Å². The van der Waals surface area contributed by atoms with E-state index >= 15 is 0 Å². The smallest absolute Gasteiger partial charge is 0.225 e. The van der Waals surface area contributed by atoms with E-state index in [1.165, 1.54) is 4.88 Å². The molecule has 2 aromatic rings. The molecule has 3 rings (SSSR count). The fourth-order valence-corrected chi connectivity index (χ4v) is 4.45. The number of anilines is 1. The number of para-hydroxylation sites is 1. The van der Waals surface area contributed by atoms with E-state index in [-0.39, 0.29) is 17.7 Å². The molecule has 1 aliphatic rings. The Bertz CT molecular complexity index is 774. The zero-order valence-corrected chi connectivity index (χ0v) is 18.2. The van der Waals surface area contributed by atoms with Crippen LogP contribution in [-0.2, 0) is 16.0 Å². The van der Waals surface area contributed by atoms with E-state index in [0.29, 0.717) is 13.0 Å². The lowest BCUT2D eigenvalue weighted by Gasteiger charge is -2.31. The van der Waals surface area contributed by atoms with Crippen molar-refractivity contribution >= 4 is 44.8 Å². The van der Waals surface area contributed by atoms with Crippen LogP contribution in [0.2, 0.25) is 0 Å². The van der Waals surface area contributed by atoms with E-state index in [0.717, 1.165) is 49.1 Å². The summed E-state index contributed by atoms with van der Waals surface area (Å²) in [7, 11) is 0. The molecule has 0 saturated carbocycles. The first-order valence-electron chi connectivity index (χ1n) is 9.68. The Kier molecular flexibility index (Phi) is 8.06. The molecule has 5 nitrogen and oxygen atoms in total. The van der Waals surface area contributed by atoms with Gasteiger partial charge in [0.2, 0.25) is 11.8 Å². The average molecular weight is 464 g/mol. The standard InChI is InChI=1S/C21H26BrN3O2S/c22-18-5-1-2-6-19(18)24-20(26)10-14-25-12-8-16(9-13-25)21(27)23-11-7-17-4-3-15-28-17/h1-6,15-16H,7-14H2,(H,23,27)(H,24,26). The van der Waals surface area contributed by atoms with Crippen LogP contribution >= 0.6 is 27.3 Å². The number of hydrogen-bond acceptors (Lipinski definition) is 4. The maximum absolute atomic E-state index is 12.3. The molecule has 0 unspecified atom stereocenters. The normalized spacial score (nSPS) is 15.3. The van der Waals surface area contributed by atoms with Crippen molar-refractivity contribution in [2.24, 2.45) is 5.92 Å². The van der Waals surface area contributed by atoms with Gasteiger partial charge in [0.1, 0.15) is 0 Å². The van der Waals surface area contributed by atoms with E-state index in [9.17, 15) is 9.59 Å². The summed E-state index contributed by atoms with van der Waals surface area (Å²) in [5.74, 6) is 0.275. The van der Waals surface area contributed by atoms with Crippen molar-refractivity contribution in [1.82, 2.24) is 10.2 Å². The monoisotopic (exact) mass is 463 g/mol. The summed E-state index contributed by atoms with van der Waals surface area (Å²) < 4.78 is 0.884. The number of nitrogens with zero attached hydrogens (tertiary/aromatic N) is 1. The minimum Gasteiger partial charge on any atom is -0.355 e. The van der Waals surface area contributed by atoms with Gasteiger partial charge < -0.3 is 15.5 Å². The van der Waals surface area contributed by atoms with Crippen LogP contribution in [0.5, 0.6) is 0 Å². The van der Waals surface area contributed by atoms with Gasteiger partial charge in [-0.15, -0.1) is 11.3 Å². The SMILES string of the molecule is O=C(CCN1CCC(C(=O)NCCc2cccs2)CC1)Nc1ccccc1Br. The maximum Gasteiger partial charge on any atom is 0.225 e. The van der Waals surface area contributed by atoms with Crippen molar-refractivity contribution in [2.45, 2.75) is 25.7 Å². The summed E-state index contributed by atoms with van der Waals surface area (Å²) in [5.41, 5.74) is 0.797. The highest BCUT2D eigenvalue weighted by atomic mass is 79.9. The van der Waals surface area contributed by atoms with E-state index in [4.69, 9.17) is 0 Å². The van der Waals surface area contributed by atoms with Crippen molar-refractivity contribution in [2.75, 3.05) is 31.5 Å². The molecule has 0 bridgehead atoms. The number of likely N-dealkylation sites (tertiary alicyclic amines) is 1. The molecule has 150 valence electrons. The lowest BCUT2D eigenvalue weighted by atomic mass is 9.95. The van der Waals surface area contributed by atoms with Gasteiger partial charge in [-0.2, -0.15) is 0 Å². The van der Waals surface area contributed by atoms with E-state index in [1.807, 2.05) is 30.3 Å². The van der Waals surface area contributed by atoms with Gasteiger partial charge in [-0.1, -0.05) is 18.2 Å². The first-order valence-corrected chi connectivity index (χ1v) is 11.4. The van der Waals surface area contributed by atoms with Crippen molar-refractivity contribution in [3.05, 3.63) is 51.1 Å². The number of amides is 2. The van der Waals surface area contributed by atoms with Crippen molar-refractivity contribution in [3.63, 3.8) is 0 Å². The first kappa shape index (κ1) is 21.0. The van der Waals surface area contributed by atoms with Crippen LogP contribution in [0.15, 0.2) is 46.3 Å². The summed E-state index contributed by atoms with van der Waals surface area (Å²) in [6.07, 6.45) is 3.07. The minimum absolute atomic E-state index is 0.0142. The molecule has 1 aromatic heterocycles. The Morgan fingerprint density at radius 2 is 1.93 bits per heavy atom. The fraction of sp³-hybridized carbons (Fsp3) is 0.429. The predicted octanol–water partition coefficient (Wildman–Crippen LogP) is 3.91. The highest BCUT2D eigenvalue weighted by Crippen LogP contribution is 2.22. The number of nitrogens with one attached hydrogen (secondary N) is 2. The van der Waals surface area contributed by atoms with Gasteiger partial charge in [-0.25, -0.2) is 0 Å². The molecule has 0 spiro atoms. The van der Waals surface area contributed by atoms with Crippen LogP contribution in [0.1, 0.15) is 24.1 Å². The molecule has 2 N–H and O–H groups in total. The van der Waals surface area contributed by atoms with Gasteiger partial charge in [0.25, 0.3) is 0 Å². The van der Waals surface area contributed by atoms with Crippen LogP contribution in [0.25, 0.3) is 0 Å². The number of carbonyl (C=O) groups is 2. The average Bonchev–Trinajstić information content (AvgIpc) is 3.22. The van der Waals surface area contributed by atoms with Gasteiger partial charge in [-0.3, -0.25) is 9.59 Å². The molecule has 0 atom stereocenters. The van der Waals surface area contributed by atoms with Crippen LogP contribution in [0, 0.1) is 5.92 Å². The second kappa shape index (κ2) is 10.7. The molecule has 1 fully saturated rings. The molecule has 2 amide bonds. The molecule has 2 heterocycles. The summed E-state index contributed by atoms with van der Waals surface area (Å²) in [6.45, 7) is 3.16. The zero-order chi connectivity index (χ0) is 19.8. The zero-order valence-electron chi connectivity index (χ0n) is 15.8. The van der Waals surface area contributed by atoms with E-state index in [2.05, 4.69) is 42.9 Å². The lowest BCUT2D eigenvalue weighted by molar-refractivity contribution is -0.126. The second-order valence-corrected chi connectivity index (χ2v) is 8.90. The van der Waals surface area contributed by atoms with Crippen LogP contribution in [0.4, 0.5) is 5.69 Å². The van der Waals surface area contributed by atoms with Gasteiger partial charge >= 0.3 is 0 Å². The molecule has 1 aromatic carbocycles. The Morgan fingerprint density at radius 1 is 1.14 bits per heavy atom. The lowest BCUT2D eigenvalue weighted by Crippen LogP contribution is -2.41. The Hall–Kier alpha value is -1.70. The topological polar surface area (TPSA) is 61.4 Å². The molecule has 0 aliphatic carbocycles. The summed E-state index contributed by atoms with van der Waals surface area (Å²) >= 11 is 5.17. The Balaban J connectivity index is 1.32. The number of thiophene rings is 1. The maximum atomic E-state index is 12.3. The fourth-order valence-electron chi connectivity index (χ4n) is 3.36. The van der Waals surface area contributed by atoms with Crippen molar-refractivity contribution in [1.29, 1.82) is 0 Å². The van der Waals surface area contributed by atoms with Crippen LogP contribution < -0.4 is 10.6 Å². The quantitative estimate of drug-likeness (QED) is 0.623. The Labute approximate surface area is 178 Å². The van der Waals surface area contributed by atoms with Gasteiger partial charge in [0.15, 0.2) is 0 Å². The van der Waals surface area contributed by atoms with Gasteiger partial charge in [0.05, 0.1) is 5.69 Å². The molecule has 7 heteroatoms. The number of halogens is 1. The molecule has 1 aliphatic heterocycles. The molecule has 0 radical (unpaired) electrons. The van der Waals surface area contributed by atoms with Crippen LogP contribution in [-0.4, -0.2) is 42.9 Å². The highest BCUT2D eigenvalue weighted by Gasteiger charge is 2.24. The minimum atomic E-state index is 0.0142. The molecular weight excluding hydrogens is 438 g/mol. The summed E-state index contributed by atoms with van der Waals surface area (Å²) in [4.78, 5) is 28.1. The van der Waals surface area contributed by atoms with Gasteiger partial charge in [-0.05, 0) is 71.9 Å². The second-order valence-electron chi connectivity index (χ2n) is 7.01. The third kappa shape index (κ3) is 6.43. The third-order valence-corrected chi connectivity index (χ3v) is 6.64. The van der Waals surface area contributed by atoms with Crippen molar-refractivity contribution < 1.29 is 9.59 Å². The molecule has 1 saturated heterocycles. The number of carbonyl (C=O) groups excluding carboxylic acids is 2.